The topological polar surface area (TPSA) is 25.4 Å². The lowest BCUT2D eigenvalue weighted by Gasteiger charge is -2.29. The van der Waals surface area contributed by atoms with Crippen LogP contribution in [0.4, 0.5) is 0 Å². The number of aryl methyl sites for hydroxylation is 3. The maximum Gasteiger partial charge on any atom is 0.0535 e. The molecule has 0 spiro atoms. The molecule has 4 heteroatoms. The molecule has 0 unspecified atom stereocenters. The average Bonchev–Trinajstić information content (AvgIpc) is 3.20. The zero-order chi connectivity index (χ0) is 17.7. The molecule has 3 nitrogen and oxygen atoms in total. The van der Waals surface area contributed by atoms with E-state index < -0.39 is 0 Å². The van der Waals surface area contributed by atoms with Gasteiger partial charge in [-0.25, -0.2) is 0 Å². The van der Waals surface area contributed by atoms with Crippen LogP contribution < -0.4 is 0 Å². The first kappa shape index (κ1) is 18.6. The molecule has 0 bridgehead atoms. The molecule has 1 fully saturated rings. The number of hydrogen-bond acceptors (Lipinski definition) is 4. The van der Waals surface area contributed by atoms with Gasteiger partial charge < -0.3 is 4.74 Å². The van der Waals surface area contributed by atoms with E-state index in [9.17, 15) is 0 Å². The van der Waals surface area contributed by atoms with E-state index in [0.717, 1.165) is 45.0 Å². The lowest BCUT2D eigenvalue weighted by molar-refractivity contribution is 0.0489. The Morgan fingerprint density at radius 1 is 1.28 bits per heavy atom. The first-order valence-corrected chi connectivity index (χ1v) is 10.2. The number of thiophene rings is 1. The van der Waals surface area contributed by atoms with E-state index in [0.29, 0.717) is 5.41 Å². The molecule has 0 radical (unpaired) electrons. The lowest BCUT2D eigenvalue weighted by atomic mass is 9.82. The summed E-state index contributed by atoms with van der Waals surface area (Å²) in [5.74, 6) is 0. The predicted molar refractivity (Wildman–Crippen MR) is 105 cm³/mol. The van der Waals surface area contributed by atoms with Crippen molar-refractivity contribution in [2.45, 2.75) is 46.6 Å². The molecule has 136 valence electrons. The third-order valence-electron chi connectivity index (χ3n) is 5.24. The molecule has 2 aromatic rings. The second kappa shape index (κ2) is 8.43. The summed E-state index contributed by atoms with van der Waals surface area (Å²) in [7, 11) is 0. The molecule has 1 saturated heterocycles. The van der Waals surface area contributed by atoms with Crippen molar-refractivity contribution in [1.82, 2.24) is 9.88 Å². The highest BCUT2D eigenvalue weighted by Gasteiger charge is 2.37. The Hall–Kier alpha value is -1.23. The summed E-state index contributed by atoms with van der Waals surface area (Å²) in [6.07, 6.45) is 5.63. The lowest BCUT2D eigenvalue weighted by Crippen LogP contribution is -2.32. The summed E-state index contributed by atoms with van der Waals surface area (Å²) in [4.78, 5) is 8.42. The van der Waals surface area contributed by atoms with Crippen molar-refractivity contribution in [2.75, 3.05) is 26.3 Å². The Morgan fingerprint density at radius 2 is 2.16 bits per heavy atom. The van der Waals surface area contributed by atoms with Crippen LogP contribution in [-0.4, -0.2) is 36.2 Å². The Labute approximate surface area is 156 Å². The highest BCUT2D eigenvalue weighted by atomic mass is 32.1. The third-order valence-corrected chi connectivity index (χ3v) is 6.15. The van der Waals surface area contributed by atoms with E-state index in [4.69, 9.17) is 4.74 Å². The van der Waals surface area contributed by atoms with Crippen LogP contribution in [0, 0.1) is 19.3 Å². The van der Waals surface area contributed by atoms with Crippen LogP contribution in [0.5, 0.6) is 0 Å². The summed E-state index contributed by atoms with van der Waals surface area (Å²) in [6.45, 7) is 11.3. The van der Waals surface area contributed by atoms with Gasteiger partial charge >= 0.3 is 0 Å². The van der Waals surface area contributed by atoms with Gasteiger partial charge in [-0.2, -0.15) is 0 Å². The maximum atomic E-state index is 5.89. The largest absolute Gasteiger partial charge is 0.381 e. The molecule has 0 aliphatic carbocycles. The van der Waals surface area contributed by atoms with E-state index in [1.54, 1.807) is 0 Å². The molecule has 0 aromatic carbocycles. The molecule has 2 aromatic heterocycles. The SMILES string of the molecule is CCOC[C@@]1(CCc2csc(C)c2)CCN(Cc2ccc(C)nc2)C1. The summed E-state index contributed by atoms with van der Waals surface area (Å²) in [6, 6.07) is 6.65. The number of rotatable bonds is 8. The number of nitrogens with zero attached hydrogens (tertiary/aromatic N) is 2. The zero-order valence-electron chi connectivity index (χ0n) is 15.8. The van der Waals surface area contributed by atoms with Gasteiger partial charge in [0.25, 0.3) is 0 Å². The summed E-state index contributed by atoms with van der Waals surface area (Å²) < 4.78 is 5.89. The smallest absolute Gasteiger partial charge is 0.0535 e. The first-order chi connectivity index (χ1) is 12.1. The van der Waals surface area contributed by atoms with Crippen molar-refractivity contribution in [1.29, 1.82) is 0 Å². The van der Waals surface area contributed by atoms with Crippen molar-refractivity contribution in [3.05, 3.63) is 51.5 Å². The molecule has 25 heavy (non-hydrogen) atoms. The fourth-order valence-electron chi connectivity index (χ4n) is 3.76. The van der Waals surface area contributed by atoms with Crippen molar-refractivity contribution >= 4 is 11.3 Å². The molecule has 1 aliphatic heterocycles. The Kier molecular flexibility index (Phi) is 6.26. The molecule has 1 atom stereocenters. The monoisotopic (exact) mass is 358 g/mol. The molecule has 3 rings (SSSR count). The van der Waals surface area contributed by atoms with Gasteiger partial charge in [0.05, 0.1) is 6.61 Å². The van der Waals surface area contributed by atoms with Crippen LogP contribution in [0.25, 0.3) is 0 Å². The third kappa shape index (κ3) is 5.13. The van der Waals surface area contributed by atoms with E-state index in [1.165, 1.54) is 28.8 Å². The van der Waals surface area contributed by atoms with Crippen molar-refractivity contribution in [3.8, 4) is 0 Å². The number of ether oxygens (including phenoxy) is 1. The van der Waals surface area contributed by atoms with Gasteiger partial charge in [-0.15, -0.1) is 11.3 Å². The second-order valence-electron chi connectivity index (χ2n) is 7.47. The highest BCUT2D eigenvalue weighted by Crippen LogP contribution is 2.36. The fourth-order valence-corrected chi connectivity index (χ4v) is 4.51. The van der Waals surface area contributed by atoms with Crippen molar-refractivity contribution < 1.29 is 4.74 Å². The van der Waals surface area contributed by atoms with Crippen LogP contribution in [0.2, 0.25) is 0 Å². The van der Waals surface area contributed by atoms with Gasteiger partial charge in [0.1, 0.15) is 0 Å². The van der Waals surface area contributed by atoms with E-state index in [-0.39, 0.29) is 0 Å². The van der Waals surface area contributed by atoms with Gasteiger partial charge in [-0.1, -0.05) is 6.07 Å². The minimum absolute atomic E-state index is 0.296. The molecule has 3 heterocycles. The summed E-state index contributed by atoms with van der Waals surface area (Å²) in [5, 5.41) is 2.31. The number of likely N-dealkylation sites (tertiary alicyclic amines) is 1. The van der Waals surface area contributed by atoms with Gasteiger partial charge in [-0.05, 0) is 75.2 Å². The molecule has 0 N–H and O–H groups in total. The maximum absolute atomic E-state index is 5.89. The molecular weight excluding hydrogens is 328 g/mol. The second-order valence-corrected chi connectivity index (χ2v) is 8.59. The Bertz CT molecular complexity index is 667. The van der Waals surface area contributed by atoms with Crippen LogP contribution in [-0.2, 0) is 17.7 Å². The van der Waals surface area contributed by atoms with Gasteiger partial charge in [0, 0.05) is 41.9 Å². The van der Waals surface area contributed by atoms with Crippen LogP contribution in [0.15, 0.2) is 29.8 Å². The standard InChI is InChI=1S/C21H30N2OS/c1-4-24-16-21(8-7-19-11-18(3)25-14-19)9-10-23(15-21)13-20-6-5-17(2)22-12-20/h5-6,11-12,14H,4,7-10,13,15-16H2,1-3H3/t21-/m0/s1. The molecule has 1 aliphatic rings. The first-order valence-electron chi connectivity index (χ1n) is 9.34. The quantitative estimate of drug-likeness (QED) is 0.688. The normalized spacial score (nSPS) is 21.1. The van der Waals surface area contributed by atoms with Crippen molar-refractivity contribution in [2.24, 2.45) is 5.41 Å². The number of pyridine rings is 1. The van der Waals surface area contributed by atoms with Crippen LogP contribution >= 0.6 is 11.3 Å². The molecule has 0 amide bonds. The predicted octanol–water partition coefficient (Wildman–Crippen LogP) is 4.62. The average molecular weight is 359 g/mol. The number of aromatic nitrogens is 1. The highest BCUT2D eigenvalue weighted by molar-refractivity contribution is 7.10. The van der Waals surface area contributed by atoms with Gasteiger partial charge in [0.2, 0.25) is 0 Å². The van der Waals surface area contributed by atoms with Crippen LogP contribution in [0.1, 0.15) is 41.5 Å². The van der Waals surface area contributed by atoms with E-state index in [1.807, 2.05) is 24.5 Å². The summed E-state index contributed by atoms with van der Waals surface area (Å²) >= 11 is 1.86. The van der Waals surface area contributed by atoms with Crippen LogP contribution in [0.3, 0.4) is 0 Å². The zero-order valence-corrected chi connectivity index (χ0v) is 16.6. The number of hydrogen-bond donors (Lipinski definition) is 0. The minimum Gasteiger partial charge on any atom is -0.381 e. The van der Waals surface area contributed by atoms with E-state index in [2.05, 4.69) is 47.3 Å². The Balaban J connectivity index is 1.61. The van der Waals surface area contributed by atoms with E-state index >= 15 is 0 Å². The van der Waals surface area contributed by atoms with Gasteiger partial charge in [-0.3, -0.25) is 9.88 Å². The fraction of sp³-hybridized carbons (Fsp3) is 0.571. The molecule has 0 saturated carbocycles. The Morgan fingerprint density at radius 3 is 2.84 bits per heavy atom. The summed E-state index contributed by atoms with van der Waals surface area (Å²) in [5.41, 5.74) is 4.18. The van der Waals surface area contributed by atoms with Crippen molar-refractivity contribution in [3.63, 3.8) is 0 Å². The molecular formula is C21H30N2OS. The minimum atomic E-state index is 0.296. The van der Waals surface area contributed by atoms with Gasteiger partial charge in [0.15, 0.2) is 0 Å².